The molecule has 2 N–H and O–H groups in total. The molecular formula is C20H24N2O3. The molecule has 0 saturated carbocycles. The number of methoxy groups -OCH3 is 1. The van der Waals surface area contributed by atoms with Crippen LogP contribution in [0, 0.1) is 5.92 Å². The summed E-state index contributed by atoms with van der Waals surface area (Å²) < 4.78 is 5.11. The third kappa shape index (κ3) is 5.08. The van der Waals surface area contributed by atoms with E-state index in [1.807, 2.05) is 19.9 Å². The van der Waals surface area contributed by atoms with E-state index in [1.165, 1.54) is 0 Å². The SMILES string of the molecule is CCC(C)C(NC(=O)c1ccccc1)C(=O)Nc1ccc(OC)cc1. The number of nitrogens with one attached hydrogen (secondary N) is 2. The Balaban J connectivity index is 2.10. The molecule has 2 unspecified atom stereocenters. The van der Waals surface area contributed by atoms with Crippen molar-refractivity contribution in [3.63, 3.8) is 0 Å². The maximum Gasteiger partial charge on any atom is 0.251 e. The van der Waals surface area contributed by atoms with Crippen molar-refractivity contribution in [2.75, 3.05) is 12.4 Å². The van der Waals surface area contributed by atoms with Gasteiger partial charge in [0, 0.05) is 11.3 Å². The van der Waals surface area contributed by atoms with Gasteiger partial charge in [-0.25, -0.2) is 0 Å². The summed E-state index contributed by atoms with van der Waals surface area (Å²) in [5.41, 5.74) is 1.20. The van der Waals surface area contributed by atoms with E-state index in [1.54, 1.807) is 55.6 Å². The number of hydrogen-bond acceptors (Lipinski definition) is 3. The molecule has 0 heterocycles. The van der Waals surface area contributed by atoms with Crippen molar-refractivity contribution in [2.45, 2.75) is 26.3 Å². The predicted octanol–water partition coefficient (Wildman–Crippen LogP) is 3.48. The number of ether oxygens (including phenoxy) is 1. The second kappa shape index (κ2) is 8.87. The Hall–Kier alpha value is -2.82. The lowest BCUT2D eigenvalue weighted by Crippen LogP contribution is -2.47. The van der Waals surface area contributed by atoms with Crippen LogP contribution in [-0.4, -0.2) is 25.0 Å². The third-order valence-corrected chi connectivity index (χ3v) is 4.18. The summed E-state index contributed by atoms with van der Waals surface area (Å²) >= 11 is 0. The number of carbonyl (C=O) groups excluding carboxylic acids is 2. The van der Waals surface area contributed by atoms with E-state index in [-0.39, 0.29) is 17.7 Å². The van der Waals surface area contributed by atoms with Gasteiger partial charge in [-0.1, -0.05) is 38.5 Å². The molecule has 2 atom stereocenters. The van der Waals surface area contributed by atoms with Crippen LogP contribution < -0.4 is 15.4 Å². The Labute approximate surface area is 148 Å². The van der Waals surface area contributed by atoms with Crippen LogP contribution >= 0.6 is 0 Å². The summed E-state index contributed by atoms with van der Waals surface area (Å²) in [4.78, 5) is 25.1. The molecule has 2 aromatic carbocycles. The second-order valence-electron chi connectivity index (χ2n) is 5.92. The Bertz CT molecular complexity index is 699. The largest absolute Gasteiger partial charge is 0.497 e. The summed E-state index contributed by atoms with van der Waals surface area (Å²) in [7, 11) is 1.59. The molecule has 0 bridgehead atoms. The maximum atomic E-state index is 12.7. The zero-order valence-corrected chi connectivity index (χ0v) is 14.8. The number of carbonyl (C=O) groups is 2. The predicted molar refractivity (Wildman–Crippen MR) is 98.8 cm³/mol. The first-order valence-electron chi connectivity index (χ1n) is 8.36. The number of amides is 2. The smallest absolute Gasteiger partial charge is 0.251 e. The zero-order valence-electron chi connectivity index (χ0n) is 14.8. The van der Waals surface area contributed by atoms with Gasteiger partial charge in [0.25, 0.3) is 5.91 Å². The zero-order chi connectivity index (χ0) is 18.2. The number of hydrogen-bond donors (Lipinski definition) is 2. The quantitative estimate of drug-likeness (QED) is 0.811. The van der Waals surface area contributed by atoms with E-state index in [4.69, 9.17) is 4.74 Å². The van der Waals surface area contributed by atoms with Crippen molar-refractivity contribution in [1.82, 2.24) is 5.32 Å². The van der Waals surface area contributed by atoms with Crippen molar-refractivity contribution in [1.29, 1.82) is 0 Å². The molecule has 0 radical (unpaired) electrons. The van der Waals surface area contributed by atoms with Gasteiger partial charge in [-0.05, 0) is 42.3 Å². The fraction of sp³-hybridized carbons (Fsp3) is 0.300. The van der Waals surface area contributed by atoms with Crippen LogP contribution in [0.4, 0.5) is 5.69 Å². The van der Waals surface area contributed by atoms with Gasteiger partial charge in [0.15, 0.2) is 0 Å². The second-order valence-corrected chi connectivity index (χ2v) is 5.92. The molecule has 2 aromatic rings. The van der Waals surface area contributed by atoms with Crippen LogP contribution in [0.2, 0.25) is 0 Å². The first-order chi connectivity index (χ1) is 12.0. The number of anilines is 1. The first kappa shape index (κ1) is 18.5. The molecule has 5 nitrogen and oxygen atoms in total. The monoisotopic (exact) mass is 340 g/mol. The van der Waals surface area contributed by atoms with Gasteiger partial charge in [-0.3, -0.25) is 9.59 Å². The Morgan fingerprint density at radius 3 is 2.24 bits per heavy atom. The summed E-state index contributed by atoms with van der Waals surface area (Å²) in [6, 6.07) is 15.4. The molecule has 2 rings (SSSR count). The Kier molecular flexibility index (Phi) is 6.57. The average Bonchev–Trinajstić information content (AvgIpc) is 2.66. The van der Waals surface area contributed by atoms with Gasteiger partial charge in [-0.2, -0.15) is 0 Å². The molecule has 0 aromatic heterocycles. The normalized spacial score (nSPS) is 12.8. The molecule has 0 aliphatic rings. The standard InChI is InChI=1S/C20H24N2O3/c1-4-14(2)18(22-19(23)15-8-6-5-7-9-15)20(24)21-16-10-12-17(25-3)13-11-16/h5-14,18H,4H2,1-3H3,(H,21,24)(H,22,23). The molecule has 0 aliphatic heterocycles. The molecule has 0 fully saturated rings. The van der Waals surface area contributed by atoms with Gasteiger partial charge in [0.2, 0.25) is 5.91 Å². The van der Waals surface area contributed by atoms with Crippen LogP contribution in [0.25, 0.3) is 0 Å². The molecule has 25 heavy (non-hydrogen) atoms. The molecule has 0 spiro atoms. The van der Waals surface area contributed by atoms with Gasteiger partial charge in [0.05, 0.1) is 7.11 Å². The average molecular weight is 340 g/mol. The summed E-state index contributed by atoms with van der Waals surface area (Å²) in [5, 5.41) is 5.71. The van der Waals surface area contributed by atoms with Gasteiger partial charge in [-0.15, -0.1) is 0 Å². The highest BCUT2D eigenvalue weighted by molar-refractivity contribution is 6.01. The van der Waals surface area contributed by atoms with E-state index >= 15 is 0 Å². The molecule has 2 amide bonds. The van der Waals surface area contributed by atoms with Crippen molar-refractivity contribution < 1.29 is 14.3 Å². The fourth-order valence-corrected chi connectivity index (χ4v) is 2.41. The van der Waals surface area contributed by atoms with Crippen LogP contribution in [0.15, 0.2) is 54.6 Å². The number of benzene rings is 2. The molecule has 0 aliphatic carbocycles. The summed E-state index contributed by atoms with van der Waals surface area (Å²) in [5.74, 6) is 0.236. The van der Waals surface area contributed by atoms with Crippen molar-refractivity contribution in [2.24, 2.45) is 5.92 Å². The molecule has 5 heteroatoms. The minimum atomic E-state index is -0.611. The lowest BCUT2D eigenvalue weighted by molar-refractivity contribution is -0.119. The Morgan fingerprint density at radius 1 is 1.04 bits per heavy atom. The van der Waals surface area contributed by atoms with E-state index < -0.39 is 6.04 Å². The van der Waals surface area contributed by atoms with Gasteiger partial charge in [0.1, 0.15) is 11.8 Å². The van der Waals surface area contributed by atoms with E-state index in [2.05, 4.69) is 10.6 Å². The van der Waals surface area contributed by atoms with Crippen molar-refractivity contribution in [3.05, 3.63) is 60.2 Å². The van der Waals surface area contributed by atoms with Crippen molar-refractivity contribution in [3.8, 4) is 5.75 Å². The topological polar surface area (TPSA) is 67.4 Å². The fourth-order valence-electron chi connectivity index (χ4n) is 2.41. The van der Waals surface area contributed by atoms with Crippen molar-refractivity contribution >= 4 is 17.5 Å². The summed E-state index contributed by atoms with van der Waals surface area (Å²) in [6.07, 6.45) is 0.774. The van der Waals surface area contributed by atoms with Gasteiger partial charge >= 0.3 is 0 Å². The molecule has 132 valence electrons. The molecular weight excluding hydrogens is 316 g/mol. The first-order valence-corrected chi connectivity index (χ1v) is 8.36. The van der Waals surface area contributed by atoms with Crippen LogP contribution in [0.5, 0.6) is 5.75 Å². The Morgan fingerprint density at radius 2 is 1.68 bits per heavy atom. The van der Waals surface area contributed by atoms with Crippen LogP contribution in [0.1, 0.15) is 30.6 Å². The minimum Gasteiger partial charge on any atom is -0.497 e. The maximum absolute atomic E-state index is 12.7. The lowest BCUT2D eigenvalue weighted by Gasteiger charge is -2.23. The van der Waals surface area contributed by atoms with Crippen LogP contribution in [-0.2, 0) is 4.79 Å². The van der Waals surface area contributed by atoms with Gasteiger partial charge < -0.3 is 15.4 Å². The highest BCUT2D eigenvalue weighted by atomic mass is 16.5. The lowest BCUT2D eigenvalue weighted by atomic mass is 9.97. The van der Waals surface area contributed by atoms with E-state index in [0.717, 1.165) is 6.42 Å². The van der Waals surface area contributed by atoms with E-state index in [9.17, 15) is 9.59 Å². The third-order valence-electron chi connectivity index (χ3n) is 4.18. The summed E-state index contributed by atoms with van der Waals surface area (Å²) in [6.45, 7) is 3.94. The minimum absolute atomic E-state index is 0.00547. The highest BCUT2D eigenvalue weighted by Crippen LogP contribution is 2.17. The highest BCUT2D eigenvalue weighted by Gasteiger charge is 2.26. The van der Waals surface area contributed by atoms with E-state index in [0.29, 0.717) is 17.0 Å². The molecule has 0 saturated heterocycles. The number of rotatable bonds is 7. The van der Waals surface area contributed by atoms with Crippen LogP contribution in [0.3, 0.4) is 0 Å².